The number of pyridine rings is 1. The topological polar surface area (TPSA) is 51.7 Å². The van der Waals surface area contributed by atoms with E-state index in [4.69, 9.17) is 9.47 Å². The quantitative estimate of drug-likeness (QED) is 0.853. The summed E-state index contributed by atoms with van der Waals surface area (Å²) in [5, 5.41) is 0. The van der Waals surface area contributed by atoms with Gasteiger partial charge in [0.25, 0.3) is 0 Å². The lowest BCUT2D eigenvalue weighted by molar-refractivity contribution is -0.0259. The van der Waals surface area contributed by atoms with Crippen LogP contribution in [-0.4, -0.2) is 40.8 Å². The summed E-state index contributed by atoms with van der Waals surface area (Å²) in [7, 11) is 0. The highest BCUT2D eigenvalue weighted by molar-refractivity contribution is 5.68. The maximum Gasteiger partial charge on any atom is 0.410 e. The van der Waals surface area contributed by atoms with Crippen LogP contribution in [0, 0.1) is 13.8 Å². The van der Waals surface area contributed by atoms with Crippen LogP contribution in [0.3, 0.4) is 0 Å². The van der Waals surface area contributed by atoms with Gasteiger partial charge in [-0.15, -0.1) is 0 Å². The van der Waals surface area contributed by atoms with E-state index in [2.05, 4.69) is 4.98 Å². The molecule has 0 aromatic carbocycles. The summed E-state index contributed by atoms with van der Waals surface area (Å²) in [4.78, 5) is 18.3. The van der Waals surface area contributed by atoms with Crippen LogP contribution in [0.2, 0.25) is 0 Å². The molecule has 0 aliphatic carbocycles. The molecule has 0 radical (unpaired) electrons. The Bertz CT molecular complexity index is 531. The Morgan fingerprint density at radius 3 is 2.57 bits per heavy atom. The zero-order chi connectivity index (χ0) is 17.0. The first-order valence-electron chi connectivity index (χ1n) is 8.26. The van der Waals surface area contributed by atoms with Crippen molar-refractivity contribution in [1.82, 2.24) is 9.88 Å². The van der Waals surface area contributed by atoms with Crippen LogP contribution in [0.1, 0.15) is 50.6 Å². The van der Waals surface area contributed by atoms with Crippen LogP contribution in [0.4, 0.5) is 4.79 Å². The van der Waals surface area contributed by atoms with Gasteiger partial charge in [0.2, 0.25) is 0 Å². The molecule has 5 nitrogen and oxygen atoms in total. The normalized spacial score (nSPS) is 18.8. The summed E-state index contributed by atoms with van der Waals surface area (Å²) < 4.78 is 11.5. The van der Waals surface area contributed by atoms with Crippen molar-refractivity contribution in [3.05, 3.63) is 29.1 Å². The molecule has 5 heteroatoms. The molecule has 0 saturated carbocycles. The lowest BCUT2D eigenvalue weighted by atomic mass is 10.1. The third-order valence-electron chi connectivity index (χ3n) is 3.66. The summed E-state index contributed by atoms with van der Waals surface area (Å²) in [5.41, 5.74) is 2.67. The average Bonchev–Trinajstić information content (AvgIpc) is 2.43. The fraction of sp³-hybridized carbons (Fsp3) is 0.667. The van der Waals surface area contributed by atoms with Gasteiger partial charge in [-0.2, -0.15) is 0 Å². The standard InChI is InChI=1S/C18H28N2O3/c1-13-9-15(10-14(2)19-13)12-22-16-7-6-8-20(11-16)17(21)23-18(3,4)5/h9-10,16H,6-8,11-12H2,1-5H3/t16-/m1/s1. The monoisotopic (exact) mass is 320 g/mol. The van der Waals surface area contributed by atoms with Gasteiger partial charge in [0, 0.05) is 17.9 Å². The molecule has 1 aliphatic rings. The lowest BCUT2D eigenvalue weighted by Crippen LogP contribution is -2.45. The van der Waals surface area contributed by atoms with E-state index < -0.39 is 5.60 Å². The third kappa shape index (κ3) is 5.82. The Balaban J connectivity index is 1.87. The summed E-state index contributed by atoms with van der Waals surface area (Å²) in [6.45, 7) is 11.5. The highest BCUT2D eigenvalue weighted by Crippen LogP contribution is 2.18. The molecule has 23 heavy (non-hydrogen) atoms. The maximum absolute atomic E-state index is 12.2. The second-order valence-corrected chi connectivity index (χ2v) is 7.26. The number of likely N-dealkylation sites (tertiary alicyclic amines) is 1. The van der Waals surface area contributed by atoms with Crippen molar-refractivity contribution in [2.45, 2.75) is 65.8 Å². The molecule has 0 unspecified atom stereocenters. The van der Waals surface area contributed by atoms with Crippen LogP contribution in [0.25, 0.3) is 0 Å². The van der Waals surface area contributed by atoms with Crippen molar-refractivity contribution < 1.29 is 14.3 Å². The van der Waals surface area contributed by atoms with Crippen LogP contribution >= 0.6 is 0 Å². The van der Waals surface area contributed by atoms with Crippen molar-refractivity contribution in [2.75, 3.05) is 13.1 Å². The summed E-state index contributed by atoms with van der Waals surface area (Å²) >= 11 is 0. The van der Waals surface area contributed by atoms with Crippen LogP contribution in [0.15, 0.2) is 12.1 Å². The molecule has 1 aromatic heterocycles. The molecule has 1 aromatic rings. The molecule has 1 atom stereocenters. The van der Waals surface area contributed by atoms with Crippen LogP contribution < -0.4 is 0 Å². The number of piperidine rings is 1. The highest BCUT2D eigenvalue weighted by atomic mass is 16.6. The number of amides is 1. The molecule has 1 amide bonds. The summed E-state index contributed by atoms with van der Waals surface area (Å²) in [6.07, 6.45) is 1.73. The number of hydrogen-bond acceptors (Lipinski definition) is 4. The van der Waals surface area contributed by atoms with Crippen molar-refractivity contribution >= 4 is 6.09 Å². The number of aryl methyl sites for hydroxylation is 2. The van der Waals surface area contributed by atoms with Gasteiger partial charge in [-0.3, -0.25) is 4.98 Å². The van der Waals surface area contributed by atoms with Crippen LogP contribution in [0.5, 0.6) is 0 Å². The maximum atomic E-state index is 12.2. The van der Waals surface area contributed by atoms with E-state index in [1.165, 1.54) is 0 Å². The Labute approximate surface area is 139 Å². The number of ether oxygens (including phenoxy) is 2. The second-order valence-electron chi connectivity index (χ2n) is 7.26. The number of carbonyl (C=O) groups is 1. The van der Waals surface area contributed by atoms with Crippen LogP contribution in [-0.2, 0) is 16.1 Å². The zero-order valence-corrected chi connectivity index (χ0v) is 14.9. The van der Waals surface area contributed by atoms with Gasteiger partial charge in [-0.05, 0) is 65.2 Å². The number of rotatable bonds is 3. The molecule has 2 rings (SSSR count). The predicted octanol–water partition coefficient (Wildman–Crippen LogP) is 3.61. The zero-order valence-electron chi connectivity index (χ0n) is 14.9. The molecular weight excluding hydrogens is 292 g/mol. The minimum atomic E-state index is -0.461. The Morgan fingerprint density at radius 1 is 1.30 bits per heavy atom. The largest absolute Gasteiger partial charge is 0.444 e. The van der Waals surface area contributed by atoms with Gasteiger partial charge in [-0.1, -0.05) is 0 Å². The summed E-state index contributed by atoms with van der Waals surface area (Å²) in [6, 6.07) is 4.09. The van der Waals surface area contributed by atoms with Gasteiger partial charge in [0.1, 0.15) is 5.60 Å². The van der Waals surface area contributed by atoms with E-state index in [0.29, 0.717) is 13.2 Å². The first-order valence-corrected chi connectivity index (χ1v) is 8.26. The lowest BCUT2D eigenvalue weighted by Gasteiger charge is -2.34. The molecular formula is C18H28N2O3. The first-order chi connectivity index (χ1) is 10.7. The fourth-order valence-corrected chi connectivity index (χ4v) is 2.78. The van der Waals surface area contributed by atoms with Gasteiger partial charge < -0.3 is 14.4 Å². The molecule has 0 bridgehead atoms. The van der Waals surface area contributed by atoms with E-state index in [1.54, 1.807) is 4.90 Å². The van der Waals surface area contributed by atoms with E-state index in [1.807, 2.05) is 46.8 Å². The van der Waals surface area contributed by atoms with E-state index in [9.17, 15) is 4.79 Å². The van der Waals surface area contributed by atoms with Gasteiger partial charge in [0.05, 0.1) is 19.3 Å². The molecule has 2 heterocycles. The molecule has 128 valence electrons. The van der Waals surface area contributed by atoms with Crippen molar-refractivity contribution in [1.29, 1.82) is 0 Å². The number of carbonyl (C=O) groups excluding carboxylic acids is 1. The minimum Gasteiger partial charge on any atom is -0.444 e. The minimum absolute atomic E-state index is 0.0602. The van der Waals surface area contributed by atoms with E-state index >= 15 is 0 Å². The van der Waals surface area contributed by atoms with Crippen molar-refractivity contribution in [3.63, 3.8) is 0 Å². The van der Waals surface area contributed by atoms with Crippen molar-refractivity contribution in [2.24, 2.45) is 0 Å². The third-order valence-corrected chi connectivity index (χ3v) is 3.66. The molecule has 1 fully saturated rings. The van der Waals surface area contributed by atoms with Gasteiger partial charge >= 0.3 is 6.09 Å². The molecule has 1 saturated heterocycles. The fourth-order valence-electron chi connectivity index (χ4n) is 2.78. The SMILES string of the molecule is Cc1cc(CO[C@@H]2CCCN(C(=O)OC(C)(C)C)C2)cc(C)n1. The second kappa shape index (κ2) is 7.30. The average molecular weight is 320 g/mol. The molecule has 0 N–H and O–H groups in total. The van der Waals surface area contributed by atoms with Crippen molar-refractivity contribution in [3.8, 4) is 0 Å². The molecule has 1 aliphatic heterocycles. The smallest absolute Gasteiger partial charge is 0.410 e. The van der Waals surface area contributed by atoms with E-state index in [-0.39, 0.29) is 12.2 Å². The number of hydrogen-bond donors (Lipinski definition) is 0. The van der Waals surface area contributed by atoms with Gasteiger partial charge in [0.15, 0.2) is 0 Å². The van der Waals surface area contributed by atoms with E-state index in [0.717, 1.165) is 36.3 Å². The number of nitrogens with zero attached hydrogens (tertiary/aromatic N) is 2. The first kappa shape index (κ1) is 17.7. The molecule has 0 spiro atoms. The predicted molar refractivity (Wildman–Crippen MR) is 89.3 cm³/mol. The Hall–Kier alpha value is -1.62. The highest BCUT2D eigenvalue weighted by Gasteiger charge is 2.27. The summed E-state index contributed by atoms with van der Waals surface area (Å²) in [5.74, 6) is 0. The van der Waals surface area contributed by atoms with Gasteiger partial charge in [-0.25, -0.2) is 4.79 Å². The Morgan fingerprint density at radius 2 is 1.96 bits per heavy atom. The number of aromatic nitrogens is 1. The Kier molecular flexibility index (Phi) is 5.63.